The number of halogens is 1. The summed E-state index contributed by atoms with van der Waals surface area (Å²) in [7, 11) is 0. The van der Waals surface area contributed by atoms with E-state index in [1.54, 1.807) is 0 Å². The molecule has 0 aliphatic carbocycles. The number of aromatic nitrogens is 1. The number of hydrogen-bond donors (Lipinski definition) is 2. The van der Waals surface area contributed by atoms with Crippen LogP contribution in [0.5, 0.6) is 0 Å². The normalized spacial score (nSPS) is 29.5. The van der Waals surface area contributed by atoms with E-state index in [9.17, 15) is 9.18 Å². The molecular formula is C12H14FN3O2. The van der Waals surface area contributed by atoms with Crippen LogP contribution in [-0.4, -0.2) is 29.1 Å². The number of amides is 1. The van der Waals surface area contributed by atoms with Crippen LogP contribution in [0.15, 0.2) is 12.3 Å². The summed E-state index contributed by atoms with van der Waals surface area (Å²) in [6, 6.07) is 1.10. The van der Waals surface area contributed by atoms with Gasteiger partial charge in [0.05, 0.1) is 30.0 Å². The molecule has 96 valence electrons. The Hall–Kier alpha value is -1.69. The Morgan fingerprint density at radius 3 is 3.06 bits per heavy atom. The number of carbonyl (C=O) groups excluding carboxylic acids is 1. The number of carbonyl (C=O) groups is 1. The summed E-state index contributed by atoms with van der Waals surface area (Å²) in [6.45, 7) is 0. The van der Waals surface area contributed by atoms with Gasteiger partial charge < -0.3 is 15.8 Å². The van der Waals surface area contributed by atoms with Crippen LogP contribution in [0.25, 0.3) is 0 Å². The summed E-state index contributed by atoms with van der Waals surface area (Å²) in [5, 5.41) is 2.84. The predicted molar refractivity (Wildman–Crippen MR) is 62.4 cm³/mol. The second kappa shape index (κ2) is 4.20. The third kappa shape index (κ3) is 1.92. The Morgan fingerprint density at radius 1 is 1.56 bits per heavy atom. The largest absolute Gasteiger partial charge is 0.383 e. The Labute approximate surface area is 104 Å². The molecule has 3 heterocycles. The molecule has 6 heteroatoms. The molecule has 0 saturated carbocycles. The lowest BCUT2D eigenvalue weighted by Crippen LogP contribution is -2.41. The first kappa shape index (κ1) is 11.4. The first-order chi connectivity index (χ1) is 8.63. The molecule has 0 aromatic carbocycles. The van der Waals surface area contributed by atoms with Crippen molar-refractivity contribution < 1.29 is 13.9 Å². The van der Waals surface area contributed by atoms with Gasteiger partial charge in [-0.05, 0) is 25.3 Å². The molecular weight excluding hydrogens is 237 g/mol. The monoisotopic (exact) mass is 251 g/mol. The van der Waals surface area contributed by atoms with Gasteiger partial charge in [0.15, 0.2) is 0 Å². The first-order valence-electron chi connectivity index (χ1n) is 6.01. The van der Waals surface area contributed by atoms with Gasteiger partial charge in [-0.3, -0.25) is 4.79 Å². The summed E-state index contributed by atoms with van der Waals surface area (Å²) in [5.74, 6) is -0.919. The van der Waals surface area contributed by atoms with Gasteiger partial charge in [-0.2, -0.15) is 0 Å². The zero-order valence-electron chi connectivity index (χ0n) is 9.73. The van der Waals surface area contributed by atoms with E-state index >= 15 is 0 Å². The maximum atomic E-state index is 13.0. The SMILES string of the molecule is Nc1ncc(F)cc1C(=O)NC1CC2CCC1O2. The summed E-state index contributed by atoms with van der Waals surface area (Å²) in [4.78, 5) is 15.6. The number of nitrogen functional groups attached to an aromatic ring is 1. The van der Waals surface area contributed by atoms with E-state index in [2.05, 4.69) is 10.3 Å². The van der Waals surface area contributed by atoms with Gasteiger partial charge in [0, 0.05) is 0 Å². The fourth-order valence-electron chi connectivity index (χ4n) is 2.67. The van der Waals surface area contributed by atoms with Crippen LogP contribution in [-0.2, 0) is 4.74 Å². The van der Waals surface area contributed by atoms with Crippen LogP contribution in [0, 0.1) is 5.82 Å². The van der Waals surface area contributed by atoms with Crippen molar-refractivity contribution in [2.75, 3.05) is 5.73 Å². The second-order valence-corrected chi connectivity index (χ2v) is 4.78. The number of nitrogens with one attached hydrogen (secondary N) is 1. The maximum Gasteiger partial charge on any atom is 0.255 e. The maximum absolute atomic E-state index is 13.0. The van der Waals surface area contributed by atoms with E-state index in [0.29, 0.717) is 0 Å². The van der Waals surface area contributed by atoms with Gasteiger partial charge >= 0.3 is 0 Å². The molecule has 1 amide bonds. The number of hydrogen-bond acceptors (Lipinski definition) is 4. The molecule has 2 saturated heterocycles. The van der Waals surface area contributed by atoms with Crippen molar-refractivity contribution in [3.8, 4) is 0 Å². The number of ether oxygens (including phenoxy) is 1. The minimum atomic E-state index is -0.571. The second-order valence-electron chi connectivity index (χ2n) is 4.78. The molecule has 2 bridgehead atoms. The fraction of sp³-hybridized carbons (Fsp3) is 0.500. The van der Waals surface area contributed by atoms with Crippen molar-refractivity contribution in [2.45, 2.75) is 37.5 Å². The van der Waals surface area contributed by atoms with Gasteiger partial charge in [-0.15, -0.1) is 0 Å². The van der Waals surface area contributed by atoms with E-state index in [0.717, 1.165) is 31.5 Å². The van der Waals surface area contributed by atoms with Crippen molar-refractivity contribution in [3.05, 3.63) is 23.6 Å². The number of nitrogens with zero attached hydrogens (tertiary/aromatic N) is 1. The van der Waals surface area contributed by atoms with Gasteiger partial charge in [0.1, 0.15) is 11.6 Å². The lowest BCUT2D eigenvalue weighted by Gasteiger charge is -2.20. The first-order valence-corrected chi connectivity index (χ1v) is 6.01. The highest BCUT2D eigenvalue weighted by Gasteiger charge is 2.41. The Balaban J connectivity index is 1.73. The third-order valence-electron chi connectivity index (χ3n) is 3.55. The average Bonchev–Trinajstić information content (AvgIpc) is 2.94. The molecule has 2 aliphatic rings. The molecule has 3 unspecified atom stereocenters. The highest BCUT2D eigenvalue weighted by atomic mass is 19.1. The molecule has 3 N–H and O–H groups in total. The summed E-state index contributed by atoms with van der Waals surface area (Å²) in [6.07, 6.45) is 4.17. The molecule has 2 aliphatic heterocycles. The molecule has 1 aromatic rings. The topological polar surface area (TPSA) is 77.2 Å². The van der Waals surface area contributed by atoms with Gasteiger partial charge in [0.25, 0.3) is 5.91 Å². The number of rotatable bonds is 2. The average molecular weight is 251 g/mol. The minimum absolute atomic E-state index is 0.00100. The van der Waals surface area contributed by atoms with E-state index in [4.69, 9.17) is 10.5 Å². The van der Waals surface area contributed by atoms with Crippen LogP contribution in [0.3, 0.4) is 0 Å². The quantitative estimate of drug-likeness (QED) is 0.817. The van der Waals surface area contributed by atoms with Crippen molar-refractivity contribution in [2.24, 2.45) is 0 Å². The molecule has 2 fully saturated rings. The Morgan fingerprint density at radius 2 is 2.39 bits per heavy atom. The van der Waals surface area contributed by atoms with Crippen molar-refractivity contribution in [1.29, 1.82) is 0 Å². The fourth-order valence-corrected chi connectivity index (χ4v) is 2.67. The zero-order chi connectivity index (χ0) is 12.7. The van der Waals surface area contributed by atoms with Crippen LogP contribution in [0.2, 0.25) is 0 Å². The van der Waals surface area contributed by atoms with Crippen LogP contribution < -0.4 is 11.1 Å². The molecule has 0 spiro atoms. The van der Waals surface area contributed by atoms with E-state index in [-0.39, 0.29) is 35.5 Å². The lowest BCUT2D eigenvalue weighted by molar-refractivity contribution is 0.0841. The molecule has 0 radical (unpaired) electrons. The van der Waals surface area contributed by atoms with Crippen molar-refractivity contribution in [3.63, 3.8) is 0 Å². The van der Waals surface area contributed by atoms with Crippen molar-refractivity contribution >= 4 is 11.7 Å². The number of fused-ring (bicyclic) bond motifs is 2. The van der Waals surface area contributed by atoms with E-state index in [1.165, 1.54) is 0 Å². The van der Waals surface area contributed by atoms with Crippen molar-refractivity contribution in [1.82, 2.24) is 10.3 Å². The standard InChI is InChI=1S/C12H14FN3O2/c13-6-3-8(11(14)15-5-6)12(17)16-9-4-7-1-2-10(9)18-7/h3,5,7,9-10H,1-2,4H2,(H2,14,15)(H,16,17). The number of anilines is 1. The summed E-state index contributed by atoms with van der Waals surface area (Å²) in [5.41, 5.74) is 5.65. The minimum Gasteiger partial charge on any atom is -0.383 e. The molecule has 18 heavy (non-hydrogen) atoms. The Kier molecular flexibility index (Phi) is 2.66. The lowest BCUT2D eigenvalue weighted by atomic mass is 9.95. The van der Waals surface area contributed by atoms with Gasteiger partial charge in [0.2, 0.25) is 0 Å². The van der Waals surface area contributed by atoms with Gasteiger partial charge in [-0.25, -0.2) is 9.37 Å². The number of nitrogens with two attached hydrogens (primary N) is 1. The highest BCUT2D eigenvalue weighted by Crippen LogP contribution is 2.34. The smallest absolute Gasteiger partial charge is 0.255 e. The van der Waals surface area contributed by atoms with Gasteiger partial charge in [-0.1, -0.05) is 0 Å². The van der Waals surface area contributed by atoms with E-state index < -0.39 is 5.82 Å². The molecule has 3 rings (SSSR count). The summed E-state index contributed by atoms with van der Waals surface area (Å²) < 4.78 is 18.7. The van der Waals surface area contributed by atoms with Crippen LogP contribution in [0.4, 0.5) is 10.2 Å². The predicted octanol–water partition coefficient (Wildman–Crippen LogP) is 0.853. The summed E-state index contributed by atoms with van der Waals surface area (Å²) >= 11 is 0. The molecule has 5 nitrogen and oxygen atoms in total. The zero-order valence-corrected chi connectivity index (χ0v) is 9.73. The van der Waals surface area contributed by atoms with Crippen LogP contribution >= 0.6 is 0 Å². The molecule has 3 atom stereocenters. The third-order valence-corrected chi connectivity index (χ3v) is 3.55. The van der Waals surface area contributed by atoms with E-state index in [1.807, 2.05) is 0 Å². The highest BCUT2D eigenvalue weighted by molar-refractivity contribution is 5.98. The molecule has 1 aromatic heterocycles. The number of pyridine rings is 1. The van der Waals surface area contributed by atoms with Crippen LogP contribution in [0.1, 0.15) is 29.6 Å². The Bertz CT molecular complexity index is 494.